The highest BCUT2D eigenvalue weighted by Gasteiger charge is 2.11. The Labute approximate surface area is 121 Å². The summed E-state index contributed by atoms with van der Waals surface area (Å²) in [4.78, 5) is 0. The lowest BCUT2D eigenvalue weighted by Crippen LogP contribution is -2.21. The Hall–Kier alpha value is -1.87. The van der Waals surface area contributed by atoms with Crippen LogP contribution in [0.25, 0.3) is 5.69 Å². The second-order valence-corrected chi connectivity index (χ2v) is 5.20. The zero-order valence-electron chi connectivity index (χ0n) is 12.5. The topological polar surface area (TPSA) is 29.9 Å². The molecular formula is C17H23N3. The number of para-hydroxylation sites is 1. The van der Waals surface area contributed by atoms with E-state index in [-0.39, 0.29) is 6.04 Å². The first-order valence-corrected chi connectivity index (χ1v) is 7.20. The molecule has 3 heteroatoms. The number of allylic oxidation sites excluding steroid dienone is 1. The van der Waals surface area contributed by atoms with Gasteiger partial charge >= 0.3 is 0 Å². The first kappa shape index (κ1) is 14.5. The number of hydrogen-bond donors (Lipinski definition) is 1. The normalized spacial score (nSPS) is 12.2. The molecular weight excluding hydrogens is 246 g/mol. The monoisotopic (exact) mass is 269 g/mol. The summed E-state index contributed by atoms with van der Waals surface area (Å²) in [6, 6.07) is 12.5. The minimum atomic E-state index is 0.185. The highest BCUT2D eigenvalue weighted by atomic mass is 15.3. The van der Waals surface area contributed by atoms with Gasteiger partial charge in [-0.15, -0.1) is 0 Å². The Kier molecular flexibility index (Phi) is 5.13. The molecule has 1 aromatic heterocycles. The van der Waals surface area contributed by atoms with Crippen molar-refractivity contribution in [3.8, 4) is 5.69 Å². The largest absolute Gasteiger partial charge is 0.305 e. The van der Waals surface area contributed by atoms with E-state index in [4.69, 9.17) is 5.10 Å². The van der Waals surface area contributed by atoms with Gasteiger partial charge < -0.3 is 5.32 Å². The van der Waals surface area contributed by atoms with Crippen LogP contribution in [-0.2, 0) is 0 Å². The standard InChI is InChI=1S/C17H23N3/c1-4-11-18-17(13-14(2)3)16-10-12-20(19-16)15-8-6-5-7-9-15/h5-10,12-13,17-18H,4,11H2,1-3H3. The van der Waals surface area contributed by atoms with E-state index in [1.165, 1.54) is 5.57 Å². The average molecular weight is 269 g/mol. The van der Waals surface area contributed by atoms with Crippen LogP contribution in [0.4, 0.5) is 0 Å². The van der Waals surface area contributed by atoms with Gasteiger partial charge in [-0.2, -0.15) is 5.10 Å². The molecule has 0 aliphatic carbocycles. The van der Waals surface area contributed by atoms with E-state index in [1.807, 2.05) is 29.1 Å². The molecule has 0 amide bonds. The Morgan fingerprint density at radius 1 is 1.25 bits per heavy atom. The van der Waals surface area contributed by atoms with Crippen LogP contribution >= 0.6 is 0 Å². The van der Waals surface area contributed by atoms with Gasteiger partial charge in [-0.3, -0.25) is 0 Å². The molecule has 1 N–H and O–H groups in total. The smallest absolute Gasteiger partial charge is 0.0837 e. The molecule has 106 valence electrons. The van der Waals surface area contributed by atoms with Crippen LogP contribution in [0, 0.1) is 0 Å². The number of nitrogens with one attached hydrogen (secondary N) is 1. The highest BCUT2D eigenvalue weighted by Crippen LogP contribution is 2.16. The van der Waals surface area contributed by atoms with Crippen LogP contribution in [-0.4, -0.2) is 16.3 Å². The predicted octanol–water partition coefficient (Wildman–Crippen LogP) is 3.88. The third-order valence-electron chi connectivity index (χ3n) is 3.06. The number of rotatable bonds is 6. The first-order valence-electron chi connectivity index (χ1n) is 7.20. The van der Waals surface area contributed by atoms with E-state index >= 15 is 0 Å². The fourth-order valence-electron chi connectivity index (χ4n) is 2.11. The van der Waals surface area contributed by atoms with Gasteiger partial charge in [-0.05, 0) is 45.0 Å². The molecule has 2 rings (SSSR count). The Bertz CT molecular complexity index is 551. The zero-order chi connectivity index (χ0) is 14.4. The van der Waals surface area contributed by atoms with Crippen molar-refractivity contribution in [2.45, 2.75) is 33.2 Å². The van der Waals surface area contributed by atoms with Crippen LogP contribution in [0.3, 0.4) is 0 Å². The van der Waals surface area contributed by atoms with E-state index in [9.17, 15) is 0 Å². The van der Waals surface area contributed by atoms with Crippen molar-refractivity contribution in [2.24, 2.45) is 0 Å². The molecule has 0 saturated carbocycles. The summed E-state index contributed by atoms with van der Waals surface area (Å²) < 4.78 is 1.93. The minimum absolute atomic E-state index is 0.185. The second-order valence-electron chi connectivity index (χ2n) is 5.20. The lowest BCUT2D eigenvalue weighted by Gasteiger charge is -2.13. The fourth-order valence-corrected chi connectivity index (χ4v) is 2.11. The molecule has 20 heavy (non-hydrogen) atoms. The van der Waals surface area contributed by atoms with Crippen molar-refractivity contribution < 1.29 is 0 Å². The molecule has 0 saturated heterocycles. The molecule has 0 radical (unpaired) electrons. The predicted molar refractivity (Wildman–Crippen MR) is 84.0 cm³/mol. The maximum atomic E-state index is 4.70. The molecule has 0 aliphatic rings. The Balaban J connectivity index is 2.22. The molecule has 0 bridgehead atoms. The molecule has 0 spiro atoms. The lowest BCUT2D eigenvalue weighted by atomic mass is 10.1. The summed E-state index contributed by atoms with van der Waals surface area (Å²) >= 11 is 0. The Morgan fingerprint density at radius 2 is 2.00 bits per heavy atom. The number of nitrogens with zero attached hydrogens (tertiary/aromatic N) is 2. The van der Waals surface area contributed by atoms with Crippen LogP contribution < -0.4 is 5.32 Å². The third kappa shape index (κ3) is 3.81. The first-order chi connectivity index (χ1) is 9.70. The summed E-state index contributed by atoms with van der Waals surface area (Å²) in [5.41, 5.74) is 3.45. The van der Waals surface area contributed by atoms with Crippen molar-refractivity contribution >= 4 is 0 Å². The van der Waals surface area contributed by atoms with Crippen LogP contribution in [0.2, 0.25) is 0 Å². The molecule has 1 unspecified atom stereocenters. The van der Waals surface area contributed by atoms with Gasteiger partial charge in [0, 0.05) is 6.20 Å². The SMILES string of the molecule is CCCNC(C=C(C)C)c1ccn(-c2ccccc2)n1. The average Bonchev–Trinajstić information content (AvgIpc) is 2.94. The van der Waals surface area contributed by atoms with E-state index in [1.54, 1.807) is 0 Å². The molecule has 0 aliphatic heterocycles. The Morgan fingerprint density at radius 3 is 2.65 bits per heavy atom. The summed E-state index contributed by atoms with van der Waals surface area (Å²) in [5, 5.41) is 8.23. The minimum Gasteiger partial charge on any atom is -0.305 e. The van der Waals surface area contributed by atoms with Gasteiger partial charge in [0.2, 0.25) is 0 Å². The van der Waals surface area contributed by atoms with Crippen LogP contribution in [0.15, 0.2) is 54.2 Å². The summed E-state index contributed by atoms with van der Waals surface area (Å²) in [6.45, 7) is 7.41. The van der Waals surface area contributed by atoms with Crippen molar-refractivity contribution in [3.63, 3.8) is 0 Å². The van der Waals surface area contributed by atoms with E-state index in [0.717, 1.165) is 24.3 Å². The maximum absolute atomic E-state index is 4.70. The van der Waals surface area contributed by atoms with Gasteiger partial charge in [0.1, 0.15) is 0 Å². The zero-order valence-corrected chi connectivity index (χ0v) is 12.5. The quantitative estimate of drug-likeness (QED) is 0.807. The molecule has 1 heterocycles. The molecule has 0 fully saturated rings. The van der Waals surface area contributed by atoms with Gasteiger partial charge in [0.25, 0.3) is 0 Å². The lowest BCUT2D eigenvalue weighted by molar-refractivity contribution is 0.592. The molecule has 2 aromatic rings. The highest BCUT2D eigenvalue weighted by molar-refractivity contribution is 5.31. The van der Waals surface area contributed by atoms with Crippen molar-refractivity contribution in [2.75, 3.05) is 6.54 Å². The molecule has 1 atom stereocenters. The summed E-state index contributed by atoms with van der Waals surface area (Å²) in [6.07, 6.45) is 5.37. The maximum Gasteiger partial charge on any atom is 0.0837 e. The van der Waals surface area contributed by atoms with Crippen molar-refractivity contribution in [1.29, 1.82) is 0 Å². The number of hydrogen-bond acceptors (Lipinski definition) is 2. The second kappa shape index (κ2) is 7.06. The van der Waals surface area contributed by atoms with Crippen molar-refractivity contribution in [3.05, 3.63) is 59.9 Å². The van der Waals surface area contributed by atoms with Crippen LogP contribution in [0.5, 0.6) is 0 Å². The van der Waals surface area contributed by atoms with Gasteiger partial charge in [0.15, 0.2) is 0 Å². The van der Waals surface area contributed by atoms with E-state index < -0.39 is 0 Å². The van der Waals surface area contributed by atoms with Crippen LogP contribution in [0.1, 0.15) is 38.9 Å². The van der Waals surface area contributed by atoms with E-state index in [0.29, 0.717) is 0 Å². The molecule has 3 nitrogen and oxygen atoms in total. The van der Waals surface area contributed by atoms with Gasteiger partial charge in [0.05, 0.1) is 17.4 Å². The number of aromatic nitrogens is 2. The third-order valence-corrected chi connectivity index (χ3v) is 3.06. The molecule has 1 aromatic carbocycles. The summed E-state index contributed by atoms with van der Waals surface area (Å²) in [5.74, 6) is 0. The fraction of sp³-hybridized carbons (Fsp3) is 0.353. The summed E-state index contributed by atoms with van der Waals surface area (Å²) in [7, 11) is 0. The number of benzene rings is 1. The van der Waals surface area contributed by atoms with Gasteiger partial charge in [-0.25, -0.2) is 4.68 Å². The van der Waals surface area contributed by atoms with Crippen molar-refractivity contribution in [1.82, 2.24) is 15.1 Å². The van der Waals surface area contributed by atoms with E-state index in [2.05, 4.69) is 50.4 Å². The van der Waals surface area contributed by atoms with Gasteiger partial charge in [-0.1, -0.05) is 36.8 Å².